The first-order chi connectivity index (χ1) is 2.00. The van der Waals surface area contributed by atoms with Gasteiger partial charge in [-0.3, -0.25) is 0 Å². The first-order valence-electron chi connectivity index (χ1n) is 0.425. The molecule has 0 aliphatic rings. The Morgan fingerprint density at radius 3 is 1.50 bits per heavy atom. The fourth-order valence-electron chi connectivity index (χ4n) is 0. The summed E-state index contributed by atoms with van der Waals surface area (Å²) in [6, 6.07) is 0. The summed E-state index contributed by atoms with van der Waals surface area (Å²) in [5, 5.41) is 6.50. The van der Waals surface area contributed by atoms with Crippen molar-refractivity contribution in [1.82, 2.24) is 0 Å². The molecule has 0 unspecified atom stereocenters. The highest BCUT2D eigenvalue weighted by Crippen LogP contribution is 0.558. The van der Waals surface area contributed by atoms with Gasteiger partial charge in [0.2, 0.25) is 0 Å². The lowest BCUT2D eigenvalue weighted by atomic mass is 13.6. The zero-order chi connectivity index (χ0) is 4.00. The third-order valence-corrected chi connectivity index (χ3v) is 0. The Morgan fingerprint density at radius 2 is 1.50 bits per heavy atom. The van der Waals surface area contributed by atoms with Crippen molar-refractivity contribution >= 4 is 12.5 Å². The maximum absolute atomic E-state index is 7.83. The highest BCUT2D eigenvalue weighted by atomic mass is 32.1. The van der Waals surface area contributed by atoms with E-state index in [4.69, 9.17) is 9.42 Å². The van der Waals surface area contributed by atoms with E-state index >= 15 is 0 Å². The first kappa shape index (κ1) is 9.05. The van der Waals surface area contributed by atoms with Crippen molar-refractivity contribution < 1.29 is 9.42 Å². The SMILES string of the molecule is NO.O=S. The van der Waals surface area contributed by atoms with Crippen molar-refractivity contribution in [1.29, 1.82) is 0 Å². The van der Waals surface area contributed by atoms with E-state index in [0.717, 1.165) is 0 Å². The molecule has 0 rings (SSSR count). The van der Waals surface area contributed by atoms with Crippen LogP contribution >= 0.6 is 0 Å². The fourth-order valence-corrected chi connectivity index (χ4v) is 0. The maximum atomic E-state index is 7.83. The molecule has 0 atom stereocenters. The van der Waals surface area contributed by atoms with Crippen LogP contribution in [0.4, 0.5) is 0 Å². The summed E-state index contributed by atoms with van der Waals surface area (Å²) < 4.78 is 7.83. The van der Waals surface area contributed by atoms with Gasteiger partial charge in [-0.15, -0.1) is 0 Å². The van der Waals surface area contributed by atoms with Crippen molar-refractivity contribution in [3.8, 4) is 0 Å². The number of rotatable bonds is 0. The quantitative estimate of drug-likeness (QED) is 0.367. The Bertz CT molecular complexity index is 6.00. The predicted octanol–water partition coefficient (Wildman–Crippen LogP) is -1.00. The lowest BCUT2D eigenvalue weighted by molar-refractivity contribution is 0.311. The van der Waals surface area contributed by atoms with Gasteiger partial charge >= 0.3 is 0 Å². The lowest BCUT2D eigenvalue weighted by Crippen LogP contribution is -1.72. The molecule has 0 radical (unpaired) electrons. The minimum absolute atomic E-state index is 2.83. The third kappa shape index (κ3) is 476. The molecule has 0 bridgehead atoms. The topological polar surface area (TPSA) is 63.3 Å². The largest absolute Gasteiger partial charge is 0.320 e. The molecule has 0 saturated heterocycles. The van der Waals surface area contributed by atoms with Gasteiger partial charge in [-0.1, -0.05) is 0 Å². The summed E-state index contributed by atoms with van der Waals surface area (Å²) in [5.74, 6) is 3.50. The standard InChI is InChI=1S/H3NO.OS/c2*1-2/h2H,1H2;. The molecule has 0 aromatic rings. The lowest BCUT2D eigenvalue weighted by Gasteiger charge is -1.27. The van der Waals surface area contributed by atoms with E-state index in [0.29, 0.717) is 0 Å². The molecule has 4 heteroatoms. The summed E-state index contributed by atoms with van der Waals surface area (Å²) >= 11 is 2.83. The molecule has 0 heterocycles. The van der Waals surface area contributed by atoms with Crippen LogP contribution in [0.5, 0.6) is 0 Å². The monoisotopic (exact) mass is 81.0 g/mol. The zero-order valence-corrected chi connectivity index (χ0v) is 2.66. The molecular weight excluding hydrogens is 78.1 g/mol. The Kier molecular flexibility index (Phi) is 6950. The molecular formula is H3NO2S. The zero-order valence-electron chi connectivity index (χ0n) is 1.84. The van der Waals surface area contributed by atoms with Crippen LogP contribution in [-0.2, 0) is 12.5 Å². The Balaban J connectivity index is 0. The van der Waals surface area contributed by atoms with Gasteiger partial charge in [0, 0.05) is 0 Å². The van der Waals surface area contributed by atoms with Gasteiger partial charge < -0.3 is 5.21 Å². The van der Waals surface area contributed by atoms with Crippen molar-refractivity contribution in [3.63, 3.8) is 0 Å². The minimum atomic E-state index is 2.83. The second-order valence-electron chi connectivity index (χ2n) is 0. The number of nitrogens with two attached hydrogens (primary N) is 1. The van der Waals surface area contributed by atoms with Gasteiger partial charge in [0.25, 0.3) is 0 Å². The Hall–Kier alpha value is -0.0600. The van der Waals surface area contributed by atoms with E-state index in [9.17, 15) is 0 Å². The van der Waals surface area contributed by atoms with Gasteiger partial charge in [-0.2, -0.15) is 4.21 Å². The summed E-state index contributed by atoms with van der Waals surface area (Å²) in [5.41, 5.74) is 0. The Labute approximate surface area is 28.9 Å². The molecule has 0 aliphatic carbocycles. The number of hydrogen-bond donors (Lipinski definition) is 2. The molecule has 0 spiro atoms. The van der Waals surface area contributed by atoms with Crippen LogP contribution in [0.2, 0.25) is 0 Å². The average molecular weight is 81.1 g/mol. The third-order valence-electron chi connectivity index (χ3n) is 0. The summed E-state index contributed by atoms with van der Waals surface area (Å²) in [6.07, 6.45) is 0. The summed E-state index contributed by atoms with van der Waals surface area (Å²) in [7, 11) is 0. The first-order valence-corrected chi connectivity index (χ1v) is 0.758. The highest BCUT2D eigenvalue weighted by Gasteiger charge is 0.735. The van der Waals surface area contributed by atoms with Gasteiger partial charge in [0.15, 0.2) is 12.5 Å². The molecule has 0 aromatic heterocycles. The fraction of sp³-hybridized carbons (Fsp3) is 0. The van der Waals surface area contributed by atoms with Crippen LogP contribution in [0.15, 0.2) is 0 Å². The van der Waals surface area contributed by atoms with E-state index in [1.807, 2.05) is 0 Å². The van der Waals surface area contributed by atoms with Crippen molar-refractivity contribution in [3.05, 3.63) is 0 Å². The maximum Gasteiger partial charge on any atom is 0.197 e. The van der Waals surface area contributed by atoms with Gasteiger partial charge in [0.1, 0.15) is 0 Å². The number of hydrogen-bond acceptors (Lipinski definition) is 4. The Morgan fingerprint density at radius 1 is 1.50 bits per heavy atom. The smallest absolute Gasteiger partial charge is 0.197 e. The average Bonchev–Trinajstić information content (AvgIpc) is 1.50. The molecule has 4 heavy (non-hydrogen) atoms. The molecule has 3 N–H and O–H groups in total. The van der Waals surface area contributed by atoms with Crippen molar-refractivity contribution in [2.24, 2.45) is 5.90 Å². The van der Waals surface area contributed by atoms with Crippen molar-refractivity contribution in [2.45, 2.75) is 0 Å². The highest BCUT2D eigenvalue weighted by molar-refractivity contribution is 7.44. The molecule has 3 nitrogen and oxygen atoms in total. The molecule has 0 saturated carbocycles. The second kappa shape index (κ2) is 3070. The predicted molar refractivity (Wildman–Crippen MR) is 14.1 cm³/mol. The van der Waals surface area contributed by atoms with Gasteiger partial charge in [-0.05, 0) is 0 Å². The van der Waals surface area contributed by atoms with Crippen LogP contribution in [-0.4, -0.2) is 9.42 Å². The normalized spacial score (nSPS) is 2.50. The molecule has 0 amide bonds. The van der Waals surface area contributed by atoms with Crippen molar-refractivity contribution in [2.75, 3.05) is 0 Å². The van der Waals surface area contributed by atoms with E-state index < -0.39 is 0 Å². The van der Waals surface area contributed by atoms with Crippen LogP contribution in [0.1, 0.15) is 0 Å². The summed E-state index contributed by atoms with van der Waals surface area (Å²) in [6.45, 7) is 0. The van der Waals surface area contributed by atoms with E-state index in [2.05, 4.69) is 18.4 Å². The summed E-state index contributed by atoms with van der Waals surface area (Å²) in [4.78, 5) is 0. The van der Waals surface area contributed by atoms with Gasteiger partial charge in [0.05, 0.1) is 0 Å². The van der Waals surface area contributed by atoms with Gasteiger partial charge in [-0.25, -0.2) is 5.90 Å². The molecule has 0 fully saturated rings. The molecule has 0 aliphatic heterocycles. The van der Waals surface area contributed by atoms with E-state index in [1.165, 1.54) is 0 Å². The van der Waals surface area contributed by atoms with Crippen LogP contribution in [0.25, 0.3) is 0 Å². The molecule has 0 aromatic carbocycles. The van der Waals surface area contributed by atoms with Crippen LogP contribution in [0, 0.1) is 0 Å². The minimum Gasteiger partial charge on any atom is -0.320 e. The van der Waals surface area contributed by atoms with Crippen LogP contribution in [0.3, 0.4) is 0 Å². The van der Waals surface area contributed by atoms with E-state index in [-0.39, 0.29) is 0 Å². The second-order valence-corrected chi connectivity index (χ2v) is 0. The van der Waals surface area contributed by atoms with E-state index in [1.54, 1.807) is 0 Å². The molecule has 26 valence electrons. The van der Waals surface area contributed by atoms with Crippen LogP contribution < -0.4 is 5.90 Å².